The molecular weight excluding hydrogens is 400 g/mol. The van der Waals surface area contributed by atoms with Gasteiger partial charge >= 0.3 is 0 Å². The summed E-state index contributed by atoms with van der Waals surface area (Å²) in [5, 5.41) is 0.885. The fourth-order valence-electron chi connectivity index (χ4n) is 5.08. The average Bonchev–Trinajstić information content (AvgIpc) is 3.51. The van der Waals surface area contributed by atoms with Crippen LogP contribution in [-0.4, -0.2) is 64.4 Å². The van der Waals surface area contributed by atoms with Gasteiger partial charge in [0, 0.05) is 51.2 Å². The number of anilines is 2. The molecule has 1 amide bonds. The van der Waals surface area contributed by atoms with Gasteiger partial charge in [-0.05, 0) is 37.1 Å². The second-order valence-electron chi connectivity index (χ2n) is 8.54. The zero-order valence-electron chi connectivity index (χ0n) is 18.0. The van der Waals surface area contributed by atoms with Crippen molar-refractivity contribution in [1.82, 2.24) is 19.3 Å². The smallest absolute Gasteiger partial charge is 0.257 e. The molecule has 0 bridgehead atoms. The number of amides is 1. The van der Waals surface area contributed by atoms with E-state index >= 15 is 0 Å². The zero-order chi connectivity index (χ0) is 21.5. The van der Waals surface area contributed by atoms with Gasteiger partial charge in [0.15, 0.2) is 5.65 Å². The van der Waals surface area contributed by atoms with E-state index in [-0.39, 0.29) is 5.91 Å². The van der Waals surface area contributed by atoms with Crippen molar-refractivity contribution in [2.75, 3.05) is 49.1 Å². The number of rotatable bonds is 3. The van der Waals surface area contributed by atoms with Crippen molar-refractivity contribution >= 4 is 34.0 Å². The van der Waals surface area contributed by atoms with Gasteiger partial charge in [0.2, 0.25) is 0 Å². The standard InChI is InChI=1S/C25H26N6O/c32-25(30-16-14-28(15-17-30)19-8-2-1-3-9-19)21-20-10-4-5-13-31(20)24-22(21)23(26-18-27-24)29-11-6-7-12-29/h1-5,8-10,13,18H,6-7,11-12,14-17H2. The van der Waals surface area contributed by atoms with Crippen molar-refractivity contribution in [3.63, 3.8) is 0 Å². The molecule has 0 spiro atoms. The van der Waals surface area contributed by atoms with E-state index in [0.717, 1.165) is 67.0 Å². The number of hydrogen-bond acceptors (Lipinski definition) is 5. The fourth-order valence-corrected chi connectivity index (χ4v) is 5.08. The number of fused-ring (bicyclic) bond motifs is 3. The first-order valence-corrected chi connectivity index (χ1v) is 11.4. The molecule has 7 nitrogen and oxygen atoms in total. The molecule has 6 rings (SSSR count). The Morgan fingerprint density at radius 3 is 2.31 bits per heavy atom. The van der Waals surface area contributed by atoms with Crippen LogP contribution in [0.15, 0.2) is 61.1 Å². The second-order valence-corrected chi connectivity index (χ2v) is 8.54. The Hall–Kier alpha value is -3.61. The quantitative estimate of drug-likeness (QED) is 0.502. The summed E-state index contributed by atoms with van der Waals surface area (Å²) in [5.41, 5.74) is 3.66. The average molecular weight is 427 g/mol. The van der Waals surface area contributed by atoms with Gasteiger partial charge in [0.1, 0.15) is 12.1 Å². The Bertz CT molecular complexity index is 1270. The predicted molar refractivity (Wildman–Crippen MR) is 126 cm³/mol. The van der Waals surface area contributed by atoms with E-state index in [4.69, 9.17) is 0 Å². The number of piperazine rings is 1. The molecule has 7 heteroatoms. The minimum absolute atomic E-state index is 0.0756. The molecule has 0 radical (unpaired) electrons. The molecule has 3 aromatic heterocycles. The number of pyridine rings is 1. The molecule has 1 aromatic carbocycles. The molecule has 5 heterocycles. The highest BCUT2D eigenvalue weighted by Crippen LogP contribution is 2.34. The van der Waals surface area contributed by atoms with Crippen LogP contribution in [0.1, 0.15) is 23.2 Å². The van der Waals surface area contributed by atoms with E-state index in [9.17, 15) is 4.79 Å². The van der Waals surface area contributed by atoms with Crippen LogP contribution in [0.25, 0.3) is 16.6 Å². The summed E-state index contributed by atoms with van der Waals surface area (Å²) in [6.07, 6.45) is 5.93. The fraction of sp³-hybridized carbons (Fsp3) is 0.320. The first-order valence-electron chi connectivity index (χ1n) is 11.4. The first-order chi connectivity index (χ1) is 15.8. The third-order valence-electron chi connectivity index (χ3n) is 6.71. The normalized spacial score (nSPS) is 16.9. The topological polar surface area (TPSA) is 57.0 Å². The molecule has 2 saturated heterocycles. The number of para-hydroxylation sites is 1. The van der Waals surface area contributed by atoms with Crippen molar-refractivity contribution in [1.29, 1.82) is 0 Å². The SMILES string of the molecule is O=C(c1c2c(N3CCCC3)ncnc2n2ccccc12)N1CCN(c2ccccc2)CC1. The summed E-state index contributed by atoms with van der Waals surface area (Å²) in [6.45, 7) is 5.01. The first kappa shape index (κ1) is 19.1. The molecule has 32 heavy (non-hydrogen) atoms. The number of aromatic nitrogens is 3. The Labute approximate surface area is 186 Å². The molecule has 162 valence electrons. The van der Waals surface area contributed by atoms with Gasteiger partial charge in [0.25, 0.3) is 5.91 Å². The molecule has 0 aliphatic carbocycles. The van der Waals surface area contributed by atoms with Crippen molar-refractivity contribution < 1.29 is 4.79 Å². The Balaban J connectivity index is 1.39. The lowest BCUT2D eigenvalue weighted by Gasteiger charge is -2.36. The number of carbonyl (C=O) groups excluding carboxylic acids is 1. The van der Waals surface area contributed by atoms with Crippen LogP contribution >= 0.6 is 0 Å². The summed E-state index contributed by atoms with van der Waals surface area (Å²) < 4.78 is 2.03. The minimum Gasteiger partial charge on any atom is -0.368 e. The van der Waals surface area contributed by atoms with E-state index in [1.54, 1.807) is 6.33 Å². The van der Waals surface area contributed by atoms with Gasteiger partial charge in [-0.2, -0.15) is 0 Å². The molecule has 2 aliphatic rings. The molecule has 0 unspecified atom stereocenters. The minimum atomic E-state index is 0.0756. The number of carbonyl (C=O) groups is 1. The molecule has 2 fully saturated rings. The van der Waals surface area contributed by atoms with E-state index in [1.807, 2.05) is 39.8 Å². The molecule has 0 N–H and O–H groups in total. The van der Waals surface area contributed by atoms with Crippen molar-refractivity contribution in [3.8, 4) is 0 Å². The third kappa shape index (κ3) is 3.07. The van der Waals surface area contributed by atoms with Gasteiger partial charge in [-0.25, -0.2) is 9.97 Å². The van der Waals surface area contributed by atoms with Crippen LogP contribution in [0.5, 0.6) is 0 Å². The molecule has 0 atom stereocenters. The van der Waals surface area contributed by atoms with Crippen LogP contribution in [0.4, 0.5) is 11.5 Å². The highest BCUT2D eigenvalue weighted by molar-refractivity contribution is 6.16. The lowest BCUT2D eigenvalue weighted by molar-refractivity contribution is 0.0750. The highest BCUT2D eigenvalue weighted by atomic mass is 16.2. The molecular formula is C25H26N6O. The summed E-state index contributed by atoms with van der Waals surface area (Å²) in [5.74, 6) is 0.967. The van der Waals surface area contributed by atoms with Crippen molar-refractivity contribution in [2.24, 2.45) is 0 Å². The lowest BCUT2D eigenvalue weighted by atomic mass is 10.1. The van der Waals surface area contributed by atoms with Crippen molar-refractivity contribution in [2.45, 2.75) is 12.8 Å². The van der Waals surface area contributed by atoms with Crippen LogP contribution < -0.4 is 9.80 Å². The Morgan fingerprint density at radius 1 is 0.781 bits per heavy atom. The monoisotopic (exact) mass is 426 g/mol. The van der Waals surface area contributed by atoms with Crippen molar-refractivity contribution in [3.05, 3.63) is 66.6 Å². The number of nitrogens with zero attached hydrogens (tertiary/aromatic N) is 6. The van der Waals surface area contributed by atoms with Crippen LogP contribution in [0, 0.1) is 0 Å². The Kier molecular flexibility index (Phi) is 4.67. The lowest BCUT2D eigenvalue weighted by Crippen LogP contribution is -2.48. The number of benzene rings is 1. The third-order valence-corrected chi connectivity index (χ3v) is 6.71. The molecule has 2 aliphatic heterocycles. The van der Waals surface area contributed by atoms with Gasteiger partial charge in [-0.1, -0.05) is 24.3 Å². The summed E-state index contributed by atoms with van der Waals surface area (Å²) in [7, 11) is 0. The summed E-state index contributed by atoms with van der Waals surface area (Å²) in [6, 6.07) is 16.4. The van der Waals surface area contributed by atoms with Gasteiger partial charge in [0.05, 0.1) is 16.5 Å². The summed E-state index contributed by atoms with van der Waals surface area (Å²) in [4.78, 5) is 29.8. The molecule has 4 aromatic rings. The Morgan fingerprint density at radius 2 is 1.53 bits per heavy atom. The van der Waals surface area contributed by atoms with E-state index in [0.29, 0.717) is 13.1 Å². The number of hydrogen-bond donors (Lipinski definition) is 0. The maximum absolute atomic E-state index is 13.9. The van der Waals surface area contributed by atoms with Gasteiger partial charge in [-0.3, -0.25) is 4.79 Å². The molecule has 0 saturated carbocycles. The van der Waals surface area contributed by atoms with Crippen LogP contribution in [0.3, 0.4) is 0 Å². The van der Waals surface area contributed by atoms with E-state index < -0.39 is 0 Å². The van der Waals surface area contributed by atoms with Crippen LogP contribution in [0.2, 0.25) is 0 Å². The van der Waals surface area contributed by atoms with E-state index in [1.165, 1.54) is 5.69 Å². The van der Waals surface area contributed by atoms with Gasteiger partial charge in [-0.15, -0.1) is 0 Å². The van der Waals surface area contributed by atoms with E-state index in [2.05, 4.69) is 44.0 Å². The maximum atomic E-state index is 13.9. The second kappa shape index (κ2) is 7.82. The zero-order valence-corrected chi connectivity index (χ0v) is 18.0. The predicted octanol–water partition coefficient (Wildman–Crippen LogP) is 3.45. The van der Waals surface area contributed by atoms with Gasteiger partial charge < -0.3 is 19.1 Å². The maximum Gasteiger partial charge on any atom is 0.257 e. The largest absolute Gasteiger partial charge is 0.368 e. The summed E-state index contributed by atoms with van der Waals surface area (Å²) >= 11 is 0. The van der Waals surface area contributed by atoms with Crippen LogP contribution in [-0.2, 0) is 0 Å². The highest BCUT2D eigenvalue weighted by Gasteiger charge is 2.30.